The van der Waals surface area contributed by atoms with Gasteiger partial charge in [0.15, 0.2) is 0 Å². The number of hydrogen-bond donors (Lipinski definition) is 5. The van der Waals surface area contributed by atoms with Crippen molar-refractivity contribution in [3.8, 4) is 12.3 Å². The Balaban J connectivity index is 0. The summed E-state index contributed by atoms with van der Waals surface area (Å²) >= 11 is 0. The summed E-state index contributed by atoms with van der Waals surface area (Å²) in [7, 11) is 0. The molecule has 4 atom stereocenters. The van der Waals surface area contributed by atoms with Crippen LogP contribution in [0.5, 0.6) is 0 Å². The number of rotatable bonds is 10. The third-order valence-corrected chi connectivity index (χ3v) is 13.0. The number of nitrogens with zero attached hydrogens (tertiary/aromatic N) is 2. The molecular weight excluding hydrogens is 684 g/mol. The topological polar surface area (TPSA) is 160 Å². The molecule has 0 aromatic rings. The SMILES string of the molecule is C#CCC.CC(C)(C)[C@H](NO)C(=O)N[C@H](C(=O)N1C[C@]2(C[C@H]1C(=O)NCC(=O)C(=O)NC1CC1)C(C)(C)C21CCC1)C(C)(C)C.CC(C)N1CCCCC1.[HH].[HH].[HH].[HH]. The van der Waals surface area contributed by atoms with Gasteiger partial charge in [0.1, 0.15) is 18.1 Å². The molecule has 0 aromatic heterocycles. The number of nitrogens with one attached hydrogen (secondary N) is 4. The van der Waals surface area contributed by atoms with Crippen molar-refractivity contribution in [1.29, 1.82) is 0 Å². The summed E-state index contributed by atoms with van der Waals surface area (Å²) < 4.78 is 0. The highest BCUT2D eigenvalue weighted by molar-refractivity contribution is 6.37. The number of hydroxylamine groups is 1. The summed E-state index contributed by atoms with van der Waals surface area (Å²) in [5.74, 6) is -0.353. The summed E-state index contributed by atoms with van der Waals surface area (Å²) in [6, 6.07) is -1.96. The highest BCUT2D eigenvalue weighted by atomic mass is 16.5. The summed E-state index contributed by atoms with van der Waals surface area (Å²) in [5.41, 5.74) is 0.507. The van der Waals surface area contributed by atoms with Gasteiger partial charge in [0.2, 0.25) is 23.5 Å². The van der Waals surface area contributed by atoms with E-state index >= 15 is 0 Å². The average Bonchev–Trinajstić information content (AvgIpc) is 3.90. The van der Waals surface area contributed by atoms with E-state index in [2.05, 4.69) is 59.9 Å². The van der Waals surface area contributed by atoms with Crippen molar-refractivity contribution in [3.05, 3.63) is 0 Å². The van der Waals surface area contributed by atoms with Crippen LogP contribution in [0.25, 0.3) is 0 Å². The molecule has 4 amide bonds. The molecule has 2 aliphatic heterocycles. The Kier molecular flexibility index (Phi) is 15.0. The van der Waals surface area contributed by atoms with Crippen LogP contribution in [0.3, 0.4) is 0 Å². The van der Waals surface area contributed by atoms with E-state index in [1.807, 2.05) is 27.7 Å². The van der Waals surface area contributed by atoms with E-state index in [-0.39, 0.29) is 33.9 Å². The predicted molar refractivity (Wildman–Crippen MR) is 219 cm³/mol. The van der Waals surface area contributed by atoms with Gasteiger partial charge in [-0.05, 0) is 93.5 Å². The number of carbonyl (C=O) groups excluding carboxylic acids is 5. The Morgan fingerprint density at radius 1 is 0.907 bits per heavy atom. The quantitative estimate of drug-likeness (QED) is 0.110. The van der Waals surface area contributed by atoms with Gasteiger partial charge in [0, 0.05) is 36.2 Å². The number of likely N-dealkylation sites (tertiary alicyclic amines) is 2. The van der Waals surface area contributed by atoms with Gasteiger partial charge in [-0.1, -0.05) is 75.2 Å². The monoisotopic (exact) mass is 765 g/mol. The van der Waals surface area contributed by atoms with Gasteiger partial charge in [0.05, 0.1) is 6.54 Å². The number of Topliss-reactive ketones (excluding diaryl/α,β-unsaturated/α-hetero) is 1. The number of piperidine rings is 1. The number of terminal acetylenes is 1. The lowest BCUT2D eigenvalue weighted by Gasteiger charge is -2.37. The first-order chi connectivity index (χ1) is 25.0. The van der Waals surface area contributed by atoms with Crippen molar-refractivity contribution in [2.75, 3.05) is 26.2 Å². The second-order valence-electron chi connectivity index (χ2n) is 19.2. The summed E-state index contributed by atoms with van der Waals surface area (Å²) in [6.07, 6.45) is 15.3. The Morgan fingerprint density at radius 3 is 1.85 bits per heavy atom. The Bertz CT molecular complexity index is 1410. The summed E-state index contributed by atoms with van der Waals surface area (Å²) in [4.78, 5) is 69.9. The van der Waals surface area contributed by atoms with E-state index in [1.165, 1.54) is 32.4 Å². The molecular formula is C42H80N6O6. The van der Waals surface area contributed by atoms with Crippen LogP contribution in [0.4, 0.5) is 0 Å². The van der Waals surface area contributed by atoms with Crippen LogP contribution < -0.4 is 21.4 Å². The van der Waals surface area contributed by atoms with Crippen LogP contribution in [-0.2, 0) is 24.0 Å². The number of amides is 4. The van der Waals surface area contributed by atoms with E-state index in [9.17, 15) is 29.2 Å². The molecule has 314 valence electrons. The molecule has 3 saturated carbocycles. The fraction of sp³-hybridized carbons (Fsp3) is 0.833. The van der Waals surface area contributed by atoms with Gasteiger partial charge in [0.25, 0.3) is 5.91 Å². The zero-order valence-corrected chi connectivity index (χ0v) is 35.2. The summed E-state index contributed by atoms with van der Waals surface area (Å²) in [6.45, 7) is 24.5. The molecule has 5 N–H and O–H groups in total. The maximum Gasteiger partial charge on any atom is 0.289 e. The summed E-state index contributed by atoms with van der Waals surface area (Å²) in [5, 5.41) is 17.9. The third kappa shape index (κ3) is 9.86. The van der Waals surface area contributed by atoms with Crippen molar-refractivity contribution in [2.24, 2.45) is 27.1 Å². The van der Waals surface area contributed by atoms with Gasteiger partial charge in [-0.25, -0.2) is 0 Å². The molecule has 0 radical (unpaired) electrons. The number of carbonyl (C=O) groups is 5. The second-order valence-corrected chi connectivity index (χ2v) is 19.2. The van der Waals surface area contributed by atoms with Crippen LogP contribution in [-0.4, -0.2) is 101 Å². The second kappa shape index (κ2) is 17.8. The van der Waals surface area contributed by atoms with Crippen LogP contribution in [0.1, 0.15) is 146 Å². The first-order valence-corrected chi connectivity index (χ1v) is 20.3. The molecule has 3 aliphatic carbocycles. The normalized spacial score (nSPS) is 25.1. The first kappa shape index (κ1) is 45.4. The van der Waals surface area contributed by atoms with Gasteiger partial charge < -0.3 is 31.0 Å². The van der Waals surface area contributed by atoms with Crippen molar-refractivity contribution < 1.29 is 34.9 Å². The van der Waals surface area contributed by atoms with E-state index in [4.69, 9.17) is 6.42 Å². The Hall–Kier alpha value is -3.01. The number of hydrogen-bond acceptors (Lipinski definition) is 8. The van der Waals surface area contributed by atoms with Gasteiger partial charge >= 0.3 is 0 Å². The Labute approximate surface area is 331 Å². The Morgan fingerprint density at radius 2 is 1.46 bits per heavy atom. The molecule has 5 fully saturated rings. The van der Waals surface area contributed by atoms with Gasteiger partial charge in [-0.3, -0.25) is 24.0 Å². The zero-order chi connectivity index (χ0) is 40.9. The van der Waals surface area contributed by atoms with E-state index in [0.717, 1.165) is 44.6 Å². The van der Waals surface area contributed by atoms with Crippen LogP contribution >= 0.6 is 0 Å². The number of fused-ring (bicyclic) bond motifs is 1. The minimum absolute atomic E-state index is 0. The highest BCUT2D eigenvalue weighted by Crippen LogP contribution is 2.88. The van der Waals surface area contributed by atoms with Crippen molar-refractivity contribution in [3.63, 3.8) is 0 Å². The molecule has 2 heterocycles. The van der Waals surface area contributed by atoms with E-state index < -0.39 is 59.0 Å². The fourth-order valence-electron chi connectivity index (χ4n) is 9.04. The highest BCUT2D eigenvalue weighted by Gasteiger charge is 2.85. The van der Waals surface area contributed by atoms with Crippen LogP contribution in [0.15, 0.2) is 0 Å². The standard InChI is InChI=1S/C30H49N5O6.C8H17N.C4H6.4H2/c1-26(2,3)20(34-41)24(39)33-21(27(4,5)6)25(40)35-16-30(28(7,8)29(30)12-9-13-29)14-18(35)22(37)31-15-19(36)23(38)32-17-10-11-17;1-8(2)9-6-4-3-5-7-9;1-3-4-2;;;;/h17-18,20-21,34,41H,9-16H2,1-8H3,(H,31,37)(H,32,38)(H,33,39);8H,3-7H2,1-2H3;1H,4H2,2H3;4*1H/t18-,20+,21+,30+;;;;;;/m0....../s1. The number of ketones is 1. The van der Waals surface area contributed by atoms with Crippen molar-refractivity contribution in [2.45, 2.75) is 171 Å². The van der Waals surface area contributed by atoms with Crippen molar-refractivity contribution in [1.82, 2.24) is 31.2 Å². The molecule has 0 unspecified atom stereocenters. The molecule has 12 nitrogen and oxygen atoms in total. The van der Waals surface area contributed by atoms with Crippen molar-refractivity contribution >= 4 is 29.4 Å². The third-order valence-electron chi connectivity index (χ3n) is 13.0. The van der Waals surface area contributed by atoms with Gasteiger partial charge in [-0.2, -0.15) is 5.48 Å². The first-order valence-electron chi connectivity index (χ1n) is 20.3. The minimum atomic E-state index is -0.969. The lowest BCUT2D eigenvalue weighted by Crippen LogP contribution is -2.61. The smallest absolute Gasteiger partial charge is 0.289 e. The maximum absolute atomic E-state index is 14.3. The molecule has 5 aliphatic rings. The lowest BCUT2D eigenvalue weighted by atomic mass is 9.73. The van der Waals surface area contributed by atoms with E-state index in [1.54, 1.807) is 25.7 Å². The average molecular weight is 765 g/mol. The molecule has 2 spiro atoms. The molecule has 54 heavy (non-hydrogen) atoms. The molecule has 12 heteroatoms. The molecule has 2 saturated heterocycles. The van der Waals surface area contributed by atoms with Crippen LogP contribution in [0.2, 0.25) is 0 Å². The zero-order valence-electron chi connectivity index (χ0n) is 35.2. The predicted octanol–water partition coefficient (Wildman–Crippen LogP) is 5.57. The largest absolute Gasteiger partial charge is 0.347 e. The molecule has 0 aromatic carbocycles. The molecule has 5 rings (SSSR count). The lowest BCUT2D eigenvalue weighted by molar-refractivity contribution is -0.145. The fourth-order valence-corrected chi connectivity index (χ4v) is 9.04. The molecule has 0 bridgehead atoms. The van der Waals surface area contributed by atoms with Gasteiger partial charge in [-0.15, -0.1) is 12.3 Å². The van der Waals surface area contributed by atoms with Crippen LogP contribution in [0, 0.1) is 39.4 Å². The minimum Gasteiger partial charge on any atom is -0.347 e. The van der Waals surface area contributed by atoms with E-state index in [0.29, 0.717) is 13.0 Å². The maximum atomic E-state index is 14.3.